The lowest BCUT2D eigenvalue weighted by Crippen LogP contribution is -2.51. The van der Waals surface area contributed by atoms with E-state index in [-0.39, 0.29) is 30.1 Å². The maximum absolute atomic E-state index is 7.19. The molecular weight excluding hydrogens is 596 g/mol. The molecule has 2 heterocycles. The van der Waals surface area contributed by atoms with Crippen molar-refractivity contribution in [2.24, 2.45) is 5.92 Å². The summed E-state index contributed by atoms with van der Waals surface area (Å²) in [6.07, 6.45) is 0.558. The highest BCUT2D eigenvalue weighted by atomic mass is 35.5. The van der Waals surface area contributed by atoms with Crippen LogP contribution in [0.1, 0.15) is 79.5 Å². The lowest BCUT2D eigenvalue weighted by molar-refractivity contribution is -0.235. The predicted molar refractivity (Wildman–Crippen MR) is 183 cm³/mol. The number of halogens is 1. The second kappa shape index (κ2) is 15.0. The quantitative estimate of drug-likeness (QED) is 0.154. The van der Waals surface area contributed by atoms with Gasteiger partial charge in [0.15, 0.2) is 0 Å². The first kappa shape index (κ1) is 32.6. The van der Waals surface area contributed by atoms with Gasteiger partial charge in [-0.25, -0.2) is 0 Å². The summed E-state index contributed by atoms with van der Waals surface area (Å²) in [6.45, 7) is 10.7. The molecule has 0 amide bonds. The highest BCUT2D eigenvalue weighted by Crippen LogP contribution is 2.50. The summed E-state index contributed by atoms with van der Waals surface area (Å²) in [4.78, 5) is 0. The Morgan fingerprint density at radius 1 is 0.783 bits per heavy atom. The largest absolute Gasteiger partial charge is 0.494 e. The zero-order valence-corrected chi connectivity index (χ0v) is 28.0. The van der Waals surface area contributed by atoms with Crippen LogP contribution in [0.3, 0.4) is 0 Å². The monoisotopic (exact) mass is 640 g/mol. The third kappa shape index (κ3) is 7.13. The Balaban J connectivity index is 1.40. The molecule has 1 fully saturated rings. The number of fused-ring (bicyclic) bond motifs is 1. The Morgan fingerprint density at radius 3 is 2.02 bits per heavy atom. The Morgan fingerprint density at radius 2 is 1.41 bits per heavy atom. The van der Waals surface area contributed by atoms with E-state index >= 15 is 0 Å². The molecule has 1 saturated heterocycles. The van der Waals surface area contributed by atoms with Gasteiger partial charge in [0.2, 0.25) is 0 Å². The van der Waals surface area contributed by atoms with E-state index in [1.165, 1.54) is 0 Å². The van der Waals surface area contributed by atoms with Crippen molar-refractivity contribution in [3.8, 4) is 11.5 Å². The molecule has 5 nitrogen and oxygen atoms in total. The number of ether oxygens (including phenoxy) is 5. The standard InChI is InChI=1S/C40H45ClO5/c1-5-34-27(4)37(44-24-29-13-9-7-10-14-29)40(45-25-30-15-11-8-12-16-30)39(46-34)33-22-31(36(41)35-26(3)23-43-38(33)35)21-28-17-19-32(20-18-28)42-6-2/h7-20,22,26-27,34,37,39-40H,5-6,21,23-25H2,1-4H3/t26?,27-,34-,37+,39?,40-/m1/s1. The first-order valence-electron chi connectivity index (χ1n) is 16.6. The van der Waals surface area contributed by atoms with Gasteiger partial charge in [-0.05, 0) is 60.2 Å². The van der Waals surface area contributed by atoms with Crippen LogP contribution in [-0.2, 0) is 33.8 Å². The molecule has 2 aliphatic heterocycles. The summed E-state index contributed by atoms with van der Waals surface area (Å²) in [5.41, 5.74) is 6.50. The average molecular weight is 641 g/mol. The highest BCUT2D eigenvalue weighted by Gasteiger charge is 2.47. The van der Waals surface area contributed by atoms with E-state index in [4.69, 9.17) is 35.3 Å². The minimum absolute atomic E-state index is 0.0120. The molecule has 6 atom stereocenters. The summed E-state index contributed by atoms with van der Waals surface area (Å²) in [7, 11) is 0. The smallest absolute Gasteiger partial charge is 0.130 e. The first-order chi connectivity index (χ1) is 22.5. The summed E-state index contributed by atoms with van der Waals surface area (Å²) in [5, 5.41) is 0.771. The van der Waals surface area contributed by atoms with Crippen molar-refractivity contribution in [1.82, 2.24) is 0 Å². The number of hydrogen-bond donors (Lipinski definition) is 0. The number of hydrogen-bond acceptors (Lipinski definition) is 5. The van der Waals surface area contributed by atoms with Crippen LogP contribution < -0.4 is 9.47 Å². The SMILES string of the molecule is CCOc1ccc(Cc2cc(C3O[C@H](CC)[C@@H](C)[C@H](OCc4ccccc4)[C@H]3OCc3ccccc3)c3c(c2Cl)C(C)CO3)cc1. The fourth-order valence-corrected chi connectivity index (χ4v) is 7.21. The Hall–Kier alpha value is -3.35. The molecule has 0 N–H and O–H groups in total. The fourth-order valence-electron chi connectivity index (χ4n) is 6.82. The Labute approximate surface area is 278 Å². The second-order valence-corrected chi connectivity index (χ2v) is 12.9. The van der Waals surface area contributed by atoms with Gasteiger partial charge in [0.05, 0.1) is 43.7 Å². The number of rotatable bonds is 12. The zero-order chi connectivity index (χ0) is 32.0. The van der Waals surface area contributed by atoms with Crippen LogP contribution in [0, 0.1) is 5.92 Å². The van der Waals surface area contributed by atoms with Crippen LogP contribution in [0.4, 0.5) is 0 Å². The van der Waals surface area contributed by atoms with Crippen molar-refractivity contribution < 1.29 is 23.7 Å². The van der Waals surface area contributed by atoms with Gasteiger partial charge < -0.3 is 23.7 Å². The molecule has 4 aromatic rings. The molecule has 2 aliphatic rings. The van der Waals surface area contributed by atoms with E-state index in [0.717, 1.165) is 56.3 Å². The molecule has 6 heteroatoms. The molecule has 0 aromatic heterocycles. The number of benzene rings is 4. The molecule has 6 rings (SSSR count). The molecule has 242 valence electrons. The third-order valence-electron chi connectivity index (χ3n) is 9.28. The third-order valence-corrected chi connectivity index (χ3v) is 9.73. The van der Waals surface area contributed by atoms with Gasteiger partial charge in [-0.15, -0.1) is 0 Å². The Bertz CT molecular complexity index is 1560. The van der Waals surface area contributed by atoms with Crippen molar-refractivity contribution in [3.63, 3.8) is 0 Å². The van der Waals surface area contributed by atoms with Crippen LogP contribution in [0.25, 0.3) is 0 Å². The molecule has 4 aromatic carbocycles. The van der Waals surface area contributed by atoms with Gasteiger partial charge in [-0.1, -0.05) is 105 Å². The zero-order valence-electron chi connectivity index (χ0n) is 27.3. The second-order valence-electron chi connectivity index (χ2n) is 12.5. The maximum atomic E-state index is 7.19. The van der Waals surface area contributed by atoms with Crippen LogP contribution in [-0.4, -0.2) is 31.5 Å². The van der Waals surface area contributed by atoms with Gasteiger partial charge in [0, 0.05) is 23.0 Å². The van der Waals surface area contributed by atoms with Crippen molar-refractivity contribution in [2.45, 2.75) is 84.1 Å². The minimum Gasteiger partial charge on any atom is -0.494 e. The molecule has 2 unspecified atom stereocenters. The van der Waals surface area contributed by atoms with E-state index < -0.39 is 6.10 Å². The lowest BCUT2D eigenvalue weighted by Gasteiger charge is -2.46. The van der Waals surface area contributed by atoms with E-state index in [9.17, 15) is 0 Å². The maximum Gasteiger partial charge on any atom is 0.130 e. The van der Waals surface area contributed by atoms with Gasteiger partial charge in [-0.3, -0.25) is 0 Å². The fraction of sp³-hybridized carbons (Fsp3) is 0.400. The summed E-state index contributed by atoms with van der Waals surface area (Å²) >= 11 is 7.19. The van der Waals surface area contributed by atoms with Crippen LogP contribution >= 0.6 is 11.6 Å². The topological polar surface area (TPSA) is 46.2 Å². The average Bonchev–Trinajstić information content (AvgIpc) is 3.48. The van der Waals surface area contributed by atoms with E-state index in [0.29, 0.717) is 32.8 Å². The molecular formula is C40H45ClO5. The van der Waals surface area contributed by atoms with E-state index in [1.807, 2.05) is 43.3 Å². The highest BCUT2D eigenvalue weighted by molar-refractivity contribution is 6.32. The van der Waals surface area contributed by atoms with Crippen molar-refractivity contribution >= 4 is 11.6 Å². The first-order valence-corrected chi connectivity index (χ1v) is 17.0. The molecule has 0 aliphatic carbocycles. The molecule has 0 spiro atoms. The van der Waals surface area contributed by atoms with Crippen molar-refractivity contribution in [3.05, 3.63) is 129 Å². The Kier molecular flexibility index (Phi) is 10.7. The van der Waals surface area contributed by atoms with E-state index in [1.54, 1.807) is 0 Å². The van der Waals surface area contributed by atoms with Gasteiger partial charge in [0.25, 0.3) is 0 Å². The normalized spacial score (nSPS) is 23.9. The molecule has 46 heavy (non-hydrogen) atoms. The molecule has 0 saturated carbocycles. The van der Waals surface area contributed by atoms with Crippen LogP contribution in [0.2, 0.25) is 5.02 Å². The van der Waals surface area contributed by atoms with Gasteiger partial charge in [0.1, 0.15) is 23.7 Å². The van der Waals surface area contributed by atoms with E-state index in [2.05, 4.69) is 75.4 Å². The summed E-state index contributed by atoms with van der Waals surface area (Å²) in [5.74, 6) is 1.98. The van der Waals surface area contributed by atoms with Crippen LogP contribution in [0.5, 0.6) is 11.5 Å². The lowest BCUT2D eigenvalue weighted by atomic mass is 9.82. The summed E-state index contributed by atoms with van der Waals surface area (Å²) in [6, 6.07) is 31.1. The van der Waals surface area contributed by atoms with Gasteiger partial charge in [-0.2, -0.15) is 0 Å². The van der Waals surface area contributed by atoms with Crippen LogP contribution in [0.15, 0.2) is 91.0 Å². The minimum atomic E-state index is -0.402. The molecule has 0 bridgehead atoms. The van der Waals surface area contributed by atoms with Gasteiger partial charge >= 0.3 is 0 Å². The van der Waals surface area contributed by atoms with Crippen molar-refractivity contribution in [1.29, 1.82) is 0 Å². The van der Waals surface area contributed by atoms with Crippen molar-refractivity contribution in [2.75, 3.05) is 13.2 Å². The molecule has 0 radical (unpaired) electrons. The predicted octanol–water partition coefficient (Wildman–Crippen LogP) is 9.48. The summed E-state index contributed by atoms with van der Waals surface area (Å²) < 4.78 is 32.8.